The zero-order chi connectivity index (χ0) is 14.4. The van der Waals surface area contributed by atoms with Gasteiger partial charge in [-0.2, -0.15) is 0 Å². The number of rotatable bonds is 1. The summed E-state index contributed by atoms with van der Waals surface area (Å²) in [4.78, 5) is 3.29. The fourth-order valence-corrected chi connectivity index (χ4v) is 3.68. The Morgan fingerprint density at radius 2 is 1.70 bits per heavy atom. The summed E-state index contributed by atoms with van der Waals surface area (Å²) < 4.78 is 3.97. The summed E-state index contributed by atoms with van der Waals surface area (Å²) in [6, 6.07) is 10.6. The number of hydrogen-bond acceptors (Lipinski definition) is 1. The molecule has 0 aliphatic heterocycles. The Morgan fingerprint density at radius 3 is 2.35 bits per heavy atom. The van der Waals surface area contributed by atoms with Gasteiger partial charge in [0.1, 0.15) is 0 Å². The van der Waals surface area contributed by atoms with Crippen molar-refractivity contribution in [1.29, 1.82) is 0 Å². The van der Waals surface area contributed by atoms with Crippen molar-refractivity contribution in [1.82, 2.24) is 9.55 Å². The van der Waals surface area contributed by atoms with Crippen molar-refractivity contribution in [3.63, 3.8) is 0 Å². The minimum atomic E-state index is 0.735. The number of nitrogens with one attached hydrogen (secondary N) is 1. The molecule has 2 nitrogen and oxygen atoms in total. The average molecular weight is 347 g/mol. The second kappa shape index (κ2) is 4.86. The standard InChI is InChI=1S/C16H15BrN2S/c1-9-4-5-13-14(6-9)19(16(20)18-13)15-10(2)7-12(17)8-11(15)3/h4-8H,1-3H3,(H,18,20). The summed E-state index contributed by atoms with van der Waals surface area (Å²) in [6.07, 6.45) is 0. The van der Waals surface area contributed by atoms with E-state index in [4.69, 9.17) is 12.2 Å². The van der Waals surface area contributed by atoms with Gasteiger partial charge < -0.3 is 4.98 Å². The number of nitrogens with zero attached hydrogens (tertiary/aromatic N) is 1. The highest BCUT2D eigenvalue weighted by Gasteiger charge is 2.12. The molecule has 1 N–H and O–H groups in total. The average Bonchev–Trinajstić information content (AvgIpc) is 2.65. The van der Waals surface area contributed by atoms with Crippen LogP contribution < -0.4 is 0 Å². The van der Waals surface area contributed by atoms with Crippen molar-refractivity contribution >= 4 is 39.2 Å². The highest BCUT2D eigenvalue weighted by Crippen LogP contribution is 2.28. The van der Waals surface area contributed by atoms with Gasteiger partial charge in [-0.15, -0.1) is 0 Å². The number of H-pyrrole nitrogens is 1. The summed E-state index contributed by atoms with van der Waals surface area (Å²) in [5.74, 6) is 0. The molecule has 2 aromatic carbocycles. The van der Waals surface area contributed by atoms with E-state index in [-0.39, 0.29) is 0 Å². The lowest BCUT2D eigenvalue weighted by Crippen LogP contribution is -2.00. The van der Waals surface area contributed by atoms with Crippen LogP contribution in [0.25, 0.3) is 16.7 Å². The lowest BCUT2D eigenvalue weighted by molar-refractivity contribution is 1.03. The van der Waals surface area contributed by atoms with Crippen LogP contribution in [0.3, 0.4) is 0 Å². The highest BCUT2D eigenvalue weighted by atomic mass is 79.9. The Labute approximate surface area is 131 Å². The monoisotopic (exact) mass is 346 g/mol. The van der Waals surface area contributed by atoms with Crippen molar-refractivity contribution in [3.8, 4) is 5.69 Å². The normalized spacial score (nSPS) is 11.2. The van der Waals surface area contributed by atoms with Crippen molar-refractivity contribution in [3.05, 3.63) is 56.3 Å². The Bertz CT molecular complexity index is 851. The van der Waals surface area contributed by atoms with Crippen molar-refractivity contribution in [2.24, 2.45) is 0 Å². The van der Waals surface area contributed by atoms with Crippen molar-refractivity contribution in [2.45, 2.75) is 20.8 Å². The number of imidazole rings is 1. The Hall–Kier alpha value is -1.39. The van der Waals surface area contributed by atoms with E-state index >= 15 is 0 Å². The van der Waals surface area contributed by atoms with Gasteiger partial charge in [-0.25, -0.2) is 0 Å². The first-order valence-corrected chi connectivity index (χ1v) is 7.66. The molecular weight excluding hydrogens is 332 g/mol. The molecule has 20 heavy (non-hydrogen) atoms. The maximum atomic E-state index is 5.53. The van der Waals surface area contributed by atoms with Crippen LogP contribution in [0, 0.1) is 25.5 Å². The van der Waals surface area contributed by atoms with E-state index in [1.807, 2.05) is 0 Å². The molecule has 0 spiro atoms. The molecule has 3 rings (SSSR count). The van der Waals surface area contributed by atoms with Crippen molar-refractivity contribution in [2.75, 3.05) is 0 Å². The van der Waals surface area contributed by atoms with Crippen LogP contribution in [-0.4, -0.2) is 9.55 Å². The molecule has 0 aliphatic carbocycles. The van der Waals surface area contributed by atoms with Gasteiger partial charge in [0.2, 0.25) is 0 Å². The van der Waals surface area contributed by atoms with Gasteiger partial charge in [0.25, 0.3) is 0 Å². The molecule has 0 fully saturated rings. The van der Waals surface area contributed by atoms with Crippen LogP contribution >= 0.6 is 28.1 Å². The van der Waals surface area contributed by atoms with Gasteiger partial charge in [-0.05, 0) is 73.9 Å². The maximum Gasteiger partial charge on any atom is 0.182 e. The predicted octanol–water partition coefficient (Wildman–Crippen LogP) is 5.38. The van der Waals surface area contributed by atoms with E-state index in [0.717, 1.165) is 26.0 Å². The molecule has 3 aromatic rings. The second-order valence-electron chi connectivity index (χ2n) is 5.17. The quantitative estimate of drug-likeness (QED) is 0.587. The van der Waals surface area contributed by atoms with Crippen LogP contribution in [0.2, 0.25) is 0 Å². The molecule has 102 valence electrons. The Balaban J connectivity index is 2.44. The smallest absolute Gasteiger partial charge is 0.182 e. The fourth-order valence-electron chi connectivity index (χ4n) is 2.69. The van der Waals surface area contributed by atoms with Crippen LogP contribution in [0.1, 0.15) is 16.7 Å². The van der Waals surface area contributed by atoms with Crippen LogP contribution in [-0.2, 0) is 0 Å². The first kappa shape index (κ1) is 13.6. The SMILES string of the molecule is Cc1ccc2[nH]c(=S)n(-c3c(C)cc(Br)cc3C)c2c1. The molecule has 0 aliphatic rings. The third-order valence-corrected chi connectivity index (χ3v) is 4.26. The third kappa shape index (κ3) is 2.13. The summed E-state index contributed by atoms with van der Waals surface area (Å²) in [7, 11) is 0. The van der Waals surface area contributed by atoms with E-state index in [2.05, 4.69) is 76.6 Å². The van der Waals surface area contributed by atoms with E-state index in [1.54, 1.807) is 0 Å². The third-order valence-electron chi connectivity index (χ3n) is 3.52. The Kier molecular flexibility index (Phi) is 3.30. The molecule has 1 aromatic heterocycles. The van der Waals surface area contributed by atoms with E-state index < -0.39 is 0 Å². The molecule has 0 unspecified atom stereocenters. The molecule has 4 heteroatoms. The van der Waals surface area contributed by atoms with Gasteiger partial charge in [0, 0.05) is 4.47 Å². The molecule has 1 heterocycles. The van der Waals surface area contributed by atoms with Gasteiger partial charge in [0.05, 0.1) is 16.7 Å². The fraction of sp³-hybridized carbons (Fsp3) is 0.188. The molecule has 0 saturated carbocycles. The number of fused-ring (bicyclic) bond motifs is 1. The zero-order valence-electron chi connectivity index (χ0n) is 11.6. The molecule has 0 radical (unpaired) electrons. The van der Waals surface area contributed by atoms with E-state index in [9.17, 15) is 0 Å². The first-order valence-electron chi connectivity index (χ1n) is 6.46. The number of aryl methyl sites for hydroxylation is 3. The summed E-state index contributed by atoms with van der Waals surface area (Å²) in [6.45, 7) is 6.33. The van der Waals surface area contributed by atoms with E-state index in [0.29, 0.717) is 0 Å². The first-order chi connectivity index (χ1) is 9.47. The summed E-state index contributed by atoms with van der Waals surface area (Å²) in [5.41, 5.74) is 7.00. The number of aromatic amines is 1. The number of benzene rings is 2. The zero-order valence-corrected chi connectivity index (χ0v) is 14.0. The minimum Gasteiger partial charge on any atom is -0.330 e. The predicted molar refractivity (Wildman–Crippen MR) is 90.4 cm³/mol. The second-order valence-corrected chi connectivity index (χ2v) is 6.48. The van der Waals surface area contributed by atoms with E-state index in [1.165, 1.54) is 16.7 Å². The number of aromatic nitrogens is 2. The molecule has 0 bridgehead atoms. The maximum absolute atomic E-state index is 5.53. The summed E-state index contributed by atoms with van der Waals surface area (Å²) >= 11 is 9.07. The van der Waals surface area contributed by atoms with Crippen LogP contribution in [0.4, 0.5) is 0 Å². The lowest BCUT2D eigenvalue weighted by Gasteiger charge is -2.13. The van der Waals surface area contributed by atoms with Gasteiger partial charge in [0.15, 0.2) is 4.77 Å². The minimum absolute atomic E-state index is 0.735. The molecule has 0 saturated heterocycles. The summed E-state index contributed by atoms with van der Waals surface area (Å²) in [5, 5.41) is 0. The largest absolute Gasteiger partial charge is 0.330 e. The topological polar surface area (TPSA) is 20.7 Å². The molecule has 0 amide bonds. The lowest BCUT2D eigenvalue weighted by atomic mass is 10.1. The van der Waals surface area contributed by atoms with Gasteiger partial charge >= 0.3 is 0 Å². The van der Waals surface area contributed by atoms with Gasteiger partial charge in [-0.3, -0.25) is 4.57 Å². The van der Waals surface area contributed by atoms with Crippen LogP contribution in [0.5, 0.6) is 0 Å². The van der Waals surface area contributed by atoms with Gasteiger partial charge in [-0.1, -0.05) is 22.0 Å². The molecular formula is C16H15BrN2S. The molecule has 0 atom stereocenters. The number of hydrogen-bond donors (Lipinski definition) is 1. The number of halogens is 1. The van der Waals surface area contributed by atoms with Crippen LogP contribution in [0.15, 0.2) is 34.8 Å². The Morgan fingerprint density at radius 1 is 1.05 bits per heavy atom. The highest BCUT2D eigenvalue weighted by molar-refractivity contribution is 9.10. The van der Waals surface area contributed by atoms with Crippen molar-refractivity contribution < 1.29 is 0 Å².